The SMILES string of the molecule is CC1CN(CCC(=O)Nc2ccc(Cl)cc2N)CC(C)S1. The Morgan fingerprint density at radius 1 is 1.43 bits per heavy atom. The van der Waals surface area contributed by atoms with Gasteiger partial charge in [0, 0.05) is 41.6 Å². The zero-order chi connectivity index (χ0) is 15.4. The Bertz CT molecular complexity index is 502. The Hall–Kier alpha value is -0.910. The van der Waals surface area contributed by atoms with Crippen molar-refractivity contribution in [3.8, 4) is 0 Å². The van der Waals surface area contributed by atoms with E-state index in [1.165, 1.54) is 0 Å². The minimum atomic E-state index is -0.0115. The Morgan fingerprint density at radius 2 is 2.10 bits per heavy atom. The first-order valence-corrected chi connectivity index (χ1v) is 8.49. The predicted molar refractivity (Wildman–Crippen MR) is 92.1 cm³/mol. The van der Waals surface area contributed by atoms with E-state index >= 15 is 0 Å². The first-order chi connectivity index (χ1) is 9.94. The van der Waals surface area contributed by atoms with Crippen LogP contribution in [-0.2, 0) is 4.79 Å². The third-order valence-electron chi connectivity index (χ3n) is 3.44. The molecule has 0 spiro atoms. The highest BCUT2D eigenvalue weighted by Crippen LogP contribution is 2.25. The molecule has 1 fully saturated rings. The van der Waals surface area contributed by atoms with E-state index in [4.69, 9.17) is 17.3 Å². The minimum Gasteiger partial charge on any atom is -0.397 e. The zero-order valence-corrected chi connectivity index (χ0v) is 14.0. The molecule has 21 heavy (non-hydrogen) atoms. The number of nitrogens with one attached hydrogen (secondary N) is 1. The van der Waals surface area contributed by atoms with Gasteiger partial charge >= 0.3 is 0 Å². The Balaban J connectivity index is 1.82. The summed E-state index contributed by atoms with van der Waals surface area (Å²) in [5.74, 6) is -0.0115. The number of carbonyl (C=O) groups is 1. The van der Waals surface area contributed by atoms with Crippen LogP contribution >= 0.6 is 23.4 Å². The third-order valence-corrected chi connectivity index (χ3v) is 4.90. The second kappa shape index (κ2) is 7.38. The summed E-state index contributed by atoms with van der Waals surface area (Å²) in [6.07, 6.45) is 0.478. The fraction of sp³-hybridized carbons (Fsp3) is 0.533. The molecule has 0 saturated carbocycles. The van der Waals surface area contributed by atoms with Gasteiger partial charge in [0.05, 0.1) is 11.4 Å². The van der Waals surface area contributed by atoms with Gasteiger partial charge in [0.25, 0.3) is 0 Å². The number of nitrogens with zero attached hydrogens (tertiary/aromatic N) is 1. The highest BCUT2D eigenvalue weighted by molar-refractivity contribution is 8.00. The van der Waals surface area contributed by atoms with E-state index in [0.29, 0.717) is 33.3 Å². The highest BCUT2D eigenvalue weighted by Gasteiger charge is 2.22. The number of amides is 1. The monoisotopic (exact) mass is 327 g/mol. The van der Waals surface area contributed by atoms with Crippen LogP contribution < -0.4 is 11.1 Å². The van der Waals surface area contributed by atoms with E-state index in [9.17, 15) is 4.79 Å². The lowest BCUT2D eigenvalue weighted by atomic mass is 10.2. The van der Waals surface area contributed by atoms with Gasteiger partial charge in [-0.2, -0.15) is 11.8 Å². The number of carbonyl (C=O) groups excluding carboxylic acids is 1. The number of anilines is 2. The summed E-state index contributed by atoms with van der Waals surface area (Å²) in [5.41, 5.74) is 6.95. The lowest BCUT2D eigenvalue weighted by Crippen LogP contribution is -2.41. The fourth-order valence-corrected chi connectivity index (χ4v) is 4.15. The zero-order valence-electron chi connectivity index (χ0n) is 12.4. The van der Waals surface area contributed by atoms with Crippen LogP contribution in [0.1, 0.15) is 20.3 Å². The van der Waals surface area contributed by atoms with Crippen molar-refractivity contribution in [2.45, 2.75) is 30.8 Å². The van der Waals surface area contributed by atoms with Crippen molar-refractivity contribution in [2.24, 2.45) is 0 Å². The van der Waals surface area contributed by atoms with Crippen molar-refractivity contribution >= 4 is 40.6 Å². The van der Waals surface area contributed by atoms with Crippen LogP contribution in [0.3, 0.4) is 0 Å². The van der Waals surface area contributed by atoms with Gasteiger partial charge in [-0.15, -0.1) is 0 Å². The van der Waals surface area contributed by atoms with Crippen molar-refractivity contribution in [2.75, 3.05) is 30.7 Å². The molecule has 0 aliphatic carbocycles. The number of hydrogen-bond acceptors (Lipinski definition) is 4. The molecule has 0 radical (unpaired) electrons. The van der Waals surface area contributed by atoms with Crippen molar-refractivity contribution in [1.82, 2.24) is 4.90 Å². The average Bonchev–Trinajstić information content (AvgIpc) is 2.39. The maximum absolute atomic E-state index is 12.0. The number of thioether (sulfide) groups is 1. The number of hydrogen-bond donors (Lipinski definition) is 2. The Morgan fingerprint density at radius 3 is 2.71 bits per heavy atom. The third kappa shape index (κ3) is 5.09. The molecule has 1 aliphatic rings. The number of halogens is 1. The summed E-state index contributed by atoms with van der Waals surface area (Å²) in [6.45, 7) is 7.36. The first kappa shape index (κ1) is 16.5. The molecule has 3 N–H and O–H groups in total. The maximum Gasteiger partial charge on any atom is 0.225 e. The second-order valence-corrected chi connectivity index (χ2v) is 7.86. The van der Waals surface area contributed by atoms with Crippen LogP contribution in [0, 0.1) is 0 Å². The van der Waals surface area contributed by atoms with Crippen molar-refractivity contribution in [3.63, 3.8) is 0 Å². The highest BCUT2D eigenvalue weighted by atomic mass is 35.5. The van der Waals surface area contributed by atoms with E-state index in [1.807, 2.05) is 11.8 Å². The molecule has 1 aromatic carbocycles. The number of nitrogens with two attached hydrogens (primary N) is 1. The number of nitrogen functional groups attached to an aromatic ring is 1. The van der Waals surface area contributed by atoms with Crippen molar-refractivity contribution < 1.29 is 4.79 Å². The Kier molecular flexibility index (Phi) is 5.79. The Labute approximate surface area is 135 Å². The van der Waals surface area contributed by atoms with Crippen LogP contribution in [0.5, 0.6) is 0 Å². The quantitative estimate of drug-likeness (QED) is 0.834. The largest absolute Gasteiger partial charge is 0.397 e. The first-order valence-electron chi connectivity index (χ1n) is 7.16. The fourth-order valence-electron chi connectivity index (χ4n) is 2.59. The molecule has 4 nitrogen and oxygen atoms in total. The summed E-state index contributed by atoms with van der Waals surface area (Å²) < 4.78 is 0. The summed E-state index contributed by atoms with van der Waals surface area (Å²) in [4.78, 5) is 14.4. The summed E-state index contributed by atoms with van der Waals surface area (Å²) in [5, 5.41) is 4.67. The lowest BCUT2D eigenvalue weighted by molar-refractivity contribution is -0.116. The molecule has 1 amide bonds. The minimum absolute atomic E-state index is 0.0115. The van der Waals surface area contributed by atoms with Gasteiger partial charge in [-0.05, 0) is 18.2 Å². The van der Waals surface area contributed by atoms with Crippen LogP contribution in [0.2, 0.25) is 5.02 Å². The maximum atomic E-state index is 12.0. The van der Waals surface area contributed by atoms with Crippen LogP contribution in [0.15, 0.2) is 18.2 Å². The summed E-state index contributed by atoms with van der Waals surface area (Å²) in [7, 11) is 0. The molecule has 1 heterocycles. The van der Waals surface area contributed by atoms with Crippen LogP contribution in [0.4, 0.5) is 11.4 Å². The molecule has 2 atom stereocenters. The molecule has 0 bridgehead atoms. The van der Waals surface area contributed by atoms with E-state index < -0.39 is 0 Å². The molecule has 6 heteroatoms. The van der Waals surface area contributed by atoms with Gasteiger partial charge in [-0.3, -0.25) is 4.79 Å². The normalized spacial score (nSPS) is 23.0. The van der Waals surface area contributed by atoms with E-state index in [1.54, 1.807) is 18.2 Å². The molecule has 116 valence electrons. The van der Waals surface area contributed by atoms with Gasteiger partial charge < -0.3 is 16.0 Å². The molecule has 2 rings (SSSR count). The van der Waals surface area contributed by atoms with Crippen LogP contribution in [0.25, 0.3) is 0 Å². The summed E-state index contributed by atoms with van der Waals surface area (Å²) >= 11 is 7.86. The van der Waals surface area contributed by atoms with Crippen molar-refractivity contribution in [3.05, 3.63) is 23.2 Å². The van der Waals surface area contributed by atoms with E-state index in [2.05, 4.69) is 24.1 Å². The lowest BCUT2D eigenvalue weighted by Gasteiger charge is -2.34. The smallest absolute Gasteiger partial charge is 0.225 e. The predicted octanol–water partition coefficient (Wildman–Crippen LogP) is 3.08. The van der Waals surface area contributed by atoms with Gasteiger partial charge in [-0.1, -0.05) is 25.4 Å². The van der Waals surface area contributed by atoms with Gasteiger partial charge in [0.1, 0.15) is 0 Å². The number of benzene rings is 1. The van der Waals surface area contributed by atoms with Crippen LogP contribution in [-0.4, -0.2) is 40.9 Å². The molecule has 1 saturated heterocycles. The molecular formula is C15H22ClN3OS. The molecular weight excluding hydrogens is 306 g/mol. The average molecular weight is 328 g/mol. The van der Waals surface area contributed by atoms with Gasteiger partial charge in [0.2, 0.25) is 5.91 Å². The van der Waals surface area contributed by atoms with Gasteiger partial charge in [0.15, 0.2) is 0 Å². The van der Waals surface area contributed by atoms with E-state index in [-0.39, 0.29) is 5.91 Å². The molecule has 2 unspecified atom stereocenters. The second-order valence-electron chi connectivity index (χ2n) is 5.55. The summed E-state index contributed by atoms with van der Waals surface area (Å²) in [6, 6.07) is 5.10. The standard InChI is InChI=1S/C15H22ClN3OS/c1-10-8-19(9-11(2)21-10)6-5-15(20)18-14-4-3-12(16)7-13(14)17/h3-4,7,10-11H,5-6,8-9,17H2,1-2H3,(H,18,20). The molecule has 0 aromatic heterocycles. The van der Waals surface area contributed by atoms with Gasteiger partial charge in [-0.25, -0.2) is 0 Å². The molecule has 1 aliphatic heterocycles. The number of rotatable bonds is 4. The van der Waals surface area contributed by atoms with Crippen molar-refractivity contribution in [1.29, 1.82) is 0 Å². The molecule has 1 aromatic rings. The topological polar surface area (TPSA) is 58.4 Å². The van der Waals surface area contributed by atoms with E-state index in [0.717, 1.165) is 19.6 Å².